The molecule has 1 aromatic carbocycles. The fourth-order valence-corrected chi connectivity index (χ4v) is 1.50. The summed E-state index contributed by atoms with van der Waals surface area (Å²) in [5, 5.41) is 25.0. The maximum absolute atomic E-state index is 11.7. The quantitative estimate of drug-likeness (QED) is 0.519. The lowest BCUT2D eigenvalue weighted by Crippen LogP contribution is -2.30. The van der Waals surface area contributed by atoms with Gasteiger partial charge in [0, 0.05) is 31.1 Å². The molecule has 3 N–H and O–H groups in total. The number of aromatic hydroxyl groups is 1. The molecule has 0 atom stereocenters. The molecule has 0 aliphatic rings. The van der Waals surface area contributed by atoms with Crippen LogP contribution >= 0.6 is 0 Å². The predicted octanol–water partition coefficient (Wildman–Crippen LogP) is 0.556. The van der Waals surface area contributed by atoms with Crippen LogP contribution in [0.1, 0.15) is 23.7 Å². The number of rotatable bonds is 6. The zero-order valence-electron chi connectivity index (χ0n) is 10.9. The Labute approximate surface area is 114 Å². The van der Waals surface area contributed by atoms with Gasteiger partial charge in [-0.05, 0) is 19.1 Å². The molecule has 8 heteroatoms. The molecule has 2 amide bonds. The van der Waals surface area contributed by atoms with Crippen LogP contribution in [-0.4, -0.2) is 34.9 Å². The Morgan fingerprint density at radius 2 is 2.05 bits per heavy atom. The molecule has 20 heavy (non-hydrogen) atoms. The molecule has 0 saturated heterocycles. The van der Waals surface area contributed by atoms with Crippen molar-refractivity contribution >= 4 is 17.5 Å². The summed E-state index contributed by atoms with van der Waals surface area (Å²) < 4.78 is 0. The van der Waals surface area contributed by atoms with Crippen LogP contribution in [0.5, 0.6) is 5.75 Å². The third-order valence-electron chi connectivity index (χ3n) is 2.45. The molecule has 0 bridgehead atoms. The summed E-state index contributed by atoms with van der Waals surface area (Å²) in [6, 6.07) is 3.30. The van der Waals surface area contributed by atoms with Crippen LogP contribution in [-0.2, 0) is 4.79 Å². The average Bonchev–Trinajstić information content (AvgIpc) is 2.38. The van der Waals surface area contributed by atoms with E-state index >= 15 is 0 Å². The minimum Gasteiger partial charge on any atom is -0.502 e. The van der Waals surface area contributed by atoms with E-state index < -0.39 is 22.3 Å². The number of nitro groups is 1. The summed E-state index contributed by atoms with van der Waals surface area (Å²) in [5.74, 6) is -1.27. The van der Waals surface area contributed by atoms with Crippen molar-refractivity contribution in [3.8, 4) is 5.75 Å². The second-order valence-electron chi connectivity index (χ2n) is 3.92. The SMILES string of the molecule is CCNC(=O)CCNC(=O)c1ccc([N+](=O)[O-])c(O)c1. The number of phenolic OH excluding ortho intramolecular Hbond substituents is 1. The van der Waals surface area contributed by atoms with Crippen LogP contribution in [0, 0.1) is 10.1 Å². The zero-order chi connectivity index (χ0) is 15.1. The molecular formula is C12H15N3O5. The first-order chi connectivity index (χ1) is 9.45. The Balaban J connectivity index is 2.58. The number of hydrogen-bond acceptors (Lipinski definition) is 5. The summed E-state index contributed by atoms with van der Waals surface area (Å²) in [6.45, 7) is 2.45. The molecule has 0 heterocycles. The number of carbonyl (C=O) groups excluding carboxylic acids is 2. The lowest BCUT2D eigenvalue weighted by Gasteiger charge is -2.06. The highest BCUT2D eigenvalue weighted by Crippen LogP contribution is 2.26. The van der Waals surface area contributed by atoms with Gasteiger partial charge in [0.15, 0.2) is 5.75 Å². The standard InChI is InChI=1S/C12H15N3O5/c1-2-13-11(17)5-6-14-12(18)8-3-4-9(15(19)20)10(16)7-8/h3-4,7,16H,2,5-6H2,1H3,(H,13,17)(H,14,18). The lowest BCUT2D eigenvalue weighted by atomic mass is 10.1. The van der Waals surface area contributed by atoms with E-state index in [0.717, 1.165) is 12.1 Å². The number of phenols is 1. The van der Waals surface area contributed by atoms with E-state index in [1.807, 2.05) is 0 Å². The maximum Gasteiger partial charge on any atom is 0.310 e. The van der Waals surface area contributed by atoms with Gasteiger partial charge in [-0.15, -0.1) is 0 Å². The first kappa shape index (κ1) is 15.4. The predicted molar refractivity (Wildman–Crippen MR) is 70.4 cm³/mol. The number of nitrogens with one attached hydrogen (secondary N) is 2. The van der Waals surface area contributed by atoms with Crippen LogP contribution in [0.2, 0.25) is 0 Å². The second-order valence-corrected chi connectivity index (χ2v) is 3.92. The van der Waals surface area contributed by atoms with Gasteiger partial charge in [0.1, 0.15) is 0 Å². The van der Waals surface area contributed by atoms with Gasteiger partial charge in [0.25, 0.3) is 5.91 Å². The normalized spacial score (nSPS) is 9.85. The number of benzene rings is 1. The Kier molecular flexibility index (Phi) is 5.45. The monoisotopic (exact) mass is 281 g/mol. The highest BCUT2D eigenvalue weighted by molar-refractivity contribution is 5.95. The molecular weight excluding hydrogens is 266 g/mol. The zero-order valence-corrected chi connectivity index (χ0v) is 10.9. The molecule has 8 nitrogen and oxygen atoms in total. The van der Waals surface area contributed by atoms with E-state index in [0.29, 0.717) is 6.54 Å². The molecule has 0 unspecified atom stereocenters. The Hall–Kier alpha value is -2.64. The van der Waals surface area contributed by atoms with Gasteiger partial charge >= 0.3 is 5.69 Å². The molecule has 0 aliphatic heterocycles. The van der Waals surface area contributed by atoms with Gasteiger partial charge in [-0.3, -0.25) is 19.7 Å². The highest BCUT2D eigenvalue weighted by Gasteiger charge is 2.15. The van der Waals surface area contributed by atoms with Gasteiger partial charge in [-0.25, -0.2) is 0 Å². The molecule has 1 rings (SSSR count). The van der Waals surface area contributed by atoms with E-state index in [2.05, 4.69) is 10.6 Å². The summed E-state index contributed by atoms with van der Waals surface area (Å²) in [5.41, 5.74) is -0.382. The van der Waals surface area contributed by atoms with Crippen LogP contribution in [0.4, 0.5) is 5.69 Å². The van der Waals surface area contributed by atoms with Gasteiger partial charge in [0.2, 0.25) is 5.91 Å². The summed E-state index contributed by atoms with van der Waals surface area (Å²) in [4.78, 5) is 32.6. The lowest BCUT2D eigenvalue weighted by molar-refractivity contribution is -0.385. The third-order valence-corrected chi connectivity index (χ3v) is 2.45. The van der Waals surface area contributed by atoms with Crippen LogP contribution in [0.3, 0.4) is 0 Å². The van der Waals surface area contributed by atoms with Crippen molar-refractivity contribution in [1.82, 2.24) is 10.6 Å². The maximum atomic E-state index is 11.7. The number of nitrogens with zero attached hydrogens (tertiary/aromatic N) is 1. The first-order valence-corrected chi connectivity index (χ1v) is 5.98. The fourth-order valence-electron chi connectivity index (χ4n) is 1.50. The summed E-state index contributed by atoms with van der Waals surface area (Å²) >= 11 is 0. The number of hydrogen-bond donors (Lipinski definition) is 3. The third kappa shape index (κ3) is 4.23. The number of carbonyl (C=O) groups is 2. The Bertz CT molecular complexity index is 530. The van der Waals surface area contributed by atoms with Gasteiger partial charge in [-0.2, -0.15) is 0 Å². The summed E-state index contributed by atoms with van der Waals surface area (Å²) in [7, 11) is 0. The smallest absolute Gasteiger partial charge is 0.310 e. The van der Waals surface area contributed by atoms with Crippen molar-refractivity contribution in [3.05, 3.63) is 33.9 Å². The molecule has 0 fully saturated rings. The first-order valence-electron chi connectivity index (χ1n) is 5.98. The molecule has 0 aromatic heterocycles. The van der Waals surface area contributed by atoms with E-state index in [1.54, 1.807) is 6.92 Å². The Morgan fingerprint density at radius 3 is 2.60 bits per heavy atom. The summed E-state index contributed by atoms with van der Waals surface area (Å²) in [6.07, 6.45) is 0.137. The number of amides is 2. The molecule has 0 saturated carbocycles. The van der Waals surface area contributed by atoms with E-state index in [4.69, 9.17) is 0 Å². The van der Waals surface area contributed by atoms with Crippen LogP contribution < -0.4 is 10.6 Å². The molecule has 1 aromatic rings. The molecule has 0 spiro atoms. The van der Waals surface area contributed by atoms with Crippen molar-refractivity contribution in [3.63, 3.8) is 0 Å². The van der Waals surface area contributed by atoms with Crippen molar-refractivity contribution in [1.29, 1.82) is 0 Å². The second kappa shape index (κ2) is 7.07. The van der Waals surface area contributed by atoms with E-state index in [-0.39, 0.29) is 24.4 Å². The van der Waals surface area contributed by atoms with Gasteiger partial charge < -0.3 is 15.7 Å². The van der Waals surface area contributed by atoms with Crippen molar-refractivity contribution in [2.24, 2.45) is 0 Å². The minimum absolute atomic E-state index is 0.0870. The van der Waals surface area contributed by atoms with Crippen LogP contribution in [0.25, 0.3) is 0 Å². The molecule has 0 radical (unpaired) electrons. The average molecular weight is 281 g/mol. The largest absolute Gasteiger partial charge is 0.502 e. The topological polar surface area (TPSA) is 122 Å². The Morgan fingerprint density at radius 1 is 1.35 bits per heavy atom. The fraction of sp³-hybridized carbons (Fsp3) is 0.333. The van der Waals surface area contributed by atoms with Crippen LogP contribution in [0.15, 0.2) is 18.2 Å². The minimum atomic E-state index is -0.744. The number of nitro benzene ring substituents is 1. The van der Waals surface area contributed by atoms with Crippen molar-refractivity contribution < 1.29 is 19.6 Å². The van der Waals surface area contributed by atoms with Crippen molar-refractivity contribution in [2.75, 3.05) is 13.1 Å². The molecule has 0 aliphatic carbocycles. The van der Waals surface area contributed by atoms with Gasteiger partial charge in [-0.1, -0.05) is 0 Å². The van der Waals surface area contributed by atoms with E-state index in [9.17, 15) is 24.8 Å². The van der Waals surface area contributed by atoms with Gasteiger partial charge in [0.05, 0.1) is 4.92 Å². The van der Waals surface area contributed by atoms with Crippen molar-refractivity contribution in [2.45, 2.75) is 13.3 Å². The van der Waals surface area contributed by atoms with E-state index in [1.165, 1.54) is 6.07 Å². The highest BCUT2D eigenvalue weighted by atomic mass is 16.6. The molecule has 108 valence electrons.